The fourth-order valence-electron chi connectivity index (χ4n) is 1.22. The van der Waals surface area contributed by atoms with Crippen LogP contribution in [0.1, 0.15) is 5.56 Å². The normalized spacial score (nSPS) is 10.2. The van der Waals surface area contributed by atoms with Crippen LogP contribution in [-0.2, 0) is 6.42 Å². The number of halogens is 1. The van der Waals surface area contributed by atoms with Crippen molar-refractivity contribution in [3.05, 3.63) is 28.2 Å². The van der Waals surface area contributed by atoms with Gasteiger partial charge in [0.2, 0.25) is 0 Å². The number of anilines is 1. The van der Waals surface area contributed by atoms with Gasteiger partial charge in [0.25, 0.3) is 0 Å². The molecule has 72 valence electrons. The minimum absolute atomic E-state index is 0.703. The van der Waals surface area contributed by atoms with Gasteiger partial charge >= 0.3 is 0 Å². The van der Waals surface area contributed by atoms with Crippen LogP contribution >= 0.6 is 15.9 Å². The van der Waals surface area contributed by atoms with Gasteiger partial charge in [-0.25, -0.2) is 0 Å². The van der Waals surface area contributed by atoms with Gasteiger partial charge in [0.05, 0.1) is 5.69 Å². The van der Waals surface area contributed by atoms with Gasteiger partial charge in [-0.05, 0) is 46.6 Å². The molecule has 0 atom stereocenters. The molecule has 0 spiro atoms. The maximum Gasteiger partial charge on any atom is 0.0508 e. The Morgan fingerprint density at radius 3 is 2.62 bits per heavy atom. The van der Waals surface area contributed by atoms with E-state index in [1.165, 1.54) is 11.3 Å². The molecule has 1 aromatic rings. The summed E-state index contributed by atoms with van der Waals surface area (Å²) in [4.78, 5) is 2.09. The lowest BCUT2D eigenvalue weighted by atomic mass is 10.1. The summed E-state index contributed by atoms with van der Waals surface area (Å²) in [5.74, 6) is 0. The summed E-state index contributed by atoms with van der Waals surface area (Å²) in [5.41, 5.74) is 7.99. The molecule has 0 aromatic heterocycles. The van der Waals surface area contributed by atoms with Crippen molar-refractivity contribution in [2.45, 2.75) is 6.42 Å². The molecule has 1 rings (SSSR count). The van der Waals surface area contributed by atoms with E-state index < -0.39 is 0 Å². The number of nitrogens with zero attached hydrogens (tertiary/aromatic N) is 1. The highest BCUT2D eigenvalue weighted by atomic mass is 79.9. The number of hydrogen-bond acceptors (Lipinski definition) is 2. The van der Waals surface area contributed by atoms with Crippen molar-refractivity contribution in [1.82, 2.24) is 0 Å². The Morgan fingerprint density at radius 1 is 1.38 bits per heavy atom. The molecule has 0 unspecified atom stereocenters. The van der Waals surface area contributed by atoms with Crippen molar-refractivity contribution >= 4 is 21.6 Å². The summed E-state index contributed by atoms with van der Waals surface area (Å²) in [6, 6.07) is 6.33. The molecule has 13 heavy (non-hydrogen) atoms. The zero-order valence-electron chi connectivity index (χ0n) is 8.05. The number of hydrogen-bond donors (Lipinski definition) is 1. The van der Waals surface area contributed by atoms with Crippen molar-refractivity contribution in [3.8, 4) is 0 Å². The lowest BCUT2D eigenvalue weighted by molar-refractivity contribution is 0.965. The zero-order chi connectivity index (χ0) is 9.84. The van der Waals surface area contributed by atoms with Crippen molar-refractivity contribution < 1.29 is 0 Å². The zero-order valence-corrected chi connectivity index (χ0v) is 9.63. The van der Waals surface area contributed by atoms with E-state index in [-0.39, 0.29) is 0 Å². The molecule has 0 radical (unpaired) electrons. The Morgan fingerprint density at radius 2 is 2.08 bits per heavy atom. The maximum atomic E-state index is 5.50. The monoisotopic (exact) mass is 242 g/mol. The highest BCUT2D eigenvalue weighted by Gasteiger charge is 2.02. The third-order valence-electron chi connectivity index (χ3n) is 1.93. The van der Waals surface area contributed by atoms with Crippen LogP contribution in [0, 0.1) is 0 Å². The molecule has 0 aliphatic carbocycles. The van der Waals surface area contributed by atoms with Gasteiger partial charge in [0.1, 0.15) is 0 Å². The van der Waals surface area contributed by atoms with Crippen molar-refractivity contribution in [2.75, 3.05) is 25.5 Å². The van der Waals surface area contributed by atoms with E-state index in [1.54, 1.807) is 0 Å². The van der Waals surface area contributed by atoms with E-state index in [0.29, 0.717) is 6.54 Å². The third kappa shape index (κ3) is 2.71. The van der Waals surface area contributed by atoms with Gasteiger partial charge in [-0.3, -0.25) is 0 Å². The van der Waals surface area contributed by atoms with Crippen molar-refractivity contribution in [2.24, 2.45) is 5.73 Å². The molecule has 1 aromatic carbocycles. The second-order valence-corrected chi connectivity index (χ2v) is 4.07. The summed E-state index contributed by atoms with van der Waals surface area (Å²) in [6.45, 7) is 0.703. The van der Waals surface area contributed by atoms with E-state index in [0.717, 1.165) is 10.9 Å². The molecular formula is C10H15BrN2. The maximum absolute atomic E-state index is 5.50. The van der Waals surface area contributed by atoms with Gasteiger partial charge in [-0.1, -0.05) is 6.07 Å². The summed E-state index contributed by atoms with van der Waals surface area (Å²) in [5, 5.41) is 0. The van der Waals surface area contributed by atoms with Crippen LogP contribution in [0.3, 0.4) is 0 Å². The predicted molar refractivity (Wildman–Crippen MR) is 61.2 cm³/mol. The van der Waals surface area contributed by atoms with E-state index >= 15 is 0 Å². The molecule has 0 fully saturated rings. The average molecular weight is 243 g/mol. The van der Waals surface area contributed by atoms with Gasteiger partial charge in [-0.2, -0.15) is 0 Å². The fourth-order valence-corrected chi connectivity index (χ4v) is 1.82. The summed E-state index contributed by atoms with van der Waals surface area (Å²) >= 11 is 3.51. The van der Waals surface area contributed by atoms with Crippen molar-refractivity contribution in [3.63, 3.8) is 0 Å². The fraction of sp³-hybridized carbons (Fsp3) is 0.400. The molecule has 2 N–H and O–H groups in total. The van der Waals surface area contributed by atoms with Gasteiger partial charge in [0.15, 0.2) is 0 Å². The van der Waals surface area contributed by atoms with E-state index in [9.17, 15) is 0 Å². The van der Waals surface area contributed by atoms with Crippen LogP contribution in [0.2, 0.25) is 0 Å². The Kier molecular flexibility index (Phi) is 3.75. The highest BCUT2D eigenvalue weighted by Crippen LogP contribution is 2.25. The number of benzene rings is 1. The molecule has 0 heterocycles. The molecule has 3 heteroatoms. The molecule has 0 bridgehead atoms. The smallest absolute Gasteiger partial charge is 0.0508 e. The third-order valence-corrected chi connectivity index (χ3v) is 2.60. The molecule has 0 amide bonds. The Labute approximate surface area is 87.9 Å². The van der Waals surface area contributed by atoms with E-state index in [1.807, 2.05) is 14.1 Å². The van der Waals surface area contributed by atoms with Gasteiger partial charge < -0.3 is 10.6 Å². The summed E-state index contributed by atoms with van der Waals surface area (Å²) < 4.78 is 1.12. The minimum Gasteiger partial charge on any atom is -0.377 e. The second kappa shape index (κ2) is 4.63. The van der Waals surface area contributed by atoms with Crippen molar-refractivity contribution in [1.29, 1.82) is 0 Å². The molecule has 2 nitrogen and oxygen atoms in total. The minimum atomic E-state index is 0.703. The quantitative estimate of drug-likeness (QED) is 0.879. The largest absolute Gasteiger partial charge is 0.377 e. The first kappa shape index (κ1) is 10.5. The van der Waals surface area contributed by atoms with Crippen LogP contribution in [0.15, 0.2) is 22.7 Å². The average Bonchev–Trinajstić information content (AvgIpc) is 2.08. The van der Waals surface area contributed by atoms with Crippen LogP contribution in [0.25, 0.3) is 0 Å². The predicted octanol–water partition coefficient (Wildman–Crippen LogP) is 2.02. The van der Waals surface area contributed by atoms with Crippen LogP contribution in [-0.4, -0.2) is 20.6 Å². The number of rotatable bonds is 3. The first-order chi connectivity index (χ1) is 6.15. The lowest BCUT2D eigenvalue weighted by Crippen LogP contribution is -2.10. The molecule has 0 saturated heterocycles. The van der Waals surface area contributed by atoms with E-state index in [2.05, 4.69) is 39.0 Å². The van der Waals surface area contributed by atoms with Crippen LogP contribution in [0.4, 0.5) is 5.69 Å². The number of nitrogens with two attached hydrogens (primary N) is 1. The van der Waals surface area contributed by atoms with Gasteiger partial charge in [-0.15, -0.1) is 0 Å². The highest BCUT2D eigenvalue weighted by molar-refractivity contribution is 9.10. The molecule has 0 aliphatic rings. The van der Waals surface area contributed by atoms with E-state index in [4.69, 9.17) is 5.73 Å². The first-order valence-corrected chi connectivity index (χ1v) is 5.10. The summed E-state index contributed by atoms with van der Waals surface area (Å²) in [6.07, 6.45) is 0.939. The molecule has 0 aliphatic heterocycles. The molecule has 0 saturated carbocycles. The van der Waals surface area contributed by atoms with Crippen LogP contribution < -0.4 is 10.6 Å². The topological polar surface area (TPSA) is 29.3 Å². The Hall–Kier alpha value is -0.540. The summed E-state index contributed by atoms with van der Waals surface area (Å²) in [7, 11) is 4.07. The SMILES string of the molecule is CN(C)c1cc(CCN)ccc1Br. The Bertz CT molecular complexity index is 284. The van der Waals surface area contributed by atoms with Crippen LogP contribution in [0.5, 0.6) is 0 Å². The first-order valence-electron chi connectivity index (χ1n) is 4.31. The van der Waals surface area contributed by atoms with Gasteiger partial charge in [0, 0.05) is 18.6 Å². The Balaban J connectivity index is 2.97. The standard InChI is InChI=1S/C10H15BrN2/c1-13(2)10-7-8(5-6-12)3-4-9(10)11/h3-4,7H,5-6,12H2,1-2H3. The lowest BCUT2D eigenvalue weighted by Gasteiger charge is -2.15. The molecular weight excluding hydrogens is 228 g/mol. The second-order valence-electron chi connectivity index (χ2n) is 3.22.